The second-order valence-electron chi connectivity index (χ2n) is 7.42. The quantitative estimate of drug-likeness (QED) is 0.206. The third kappa shape index (κ3) is 8.34. The highest BCUT2D eigenvalue weighted by molar-refractivity contribution is 14.0. The minimum absolute atomic E-state index is 0. The molecular weight excluding hydrogens is 507 g/mol. The van der Waals surface area contributed by atoms with Crippen LogP contribution in [0, 0.1) is 0 Å². The Morgan fingerprint density at radius 2 is 1.97 bits per heavy atom. The topological polar surface area (TPSA) is 71.3 Å². The van der Waals surface area contributed by atoms with E-state index in [4.69, 9.17) is 13.9 Å². The van der Waals surface area contributed by atoms with E-state index in [0.29, 0.717) is 19.8 Å². The molecule has 0 aliphatic carbocycles. The molecule has 7 nitrogen and oxygen atoms in total. The van der Waals surface area contributed by atoms with Crippen LogP contribution in [0.1, 0.15) is 36.6 Å². The molecule has 0 spiro atoms. The van der Waals surface area contributed by atoms with E-state index in [2.05, 4.69) is 32.7 Å². The van der Waals surface area contributed by atoms with Crippen molar-refractivity contribution in [2.24, 2.45) is 4.99 Å². The molecule has 1 unspecified atom stereocenters. The highest BCUT2D eigenvalue weighted by Crippen LogP contribution is 2.24. The number of nitrogens with zero attached hydrogens (tertiary/aromatic N) is 2. The van der Waals surface area contributed by atoms with Crippen LogP contribution >= 0.6 is 24.0 Å². The van der Waals surface area contributed by atoms with Crippen LogP contribution in [0.3, 0.4) is 0 Å². The van der Waals surface area contributed by atoms with Crippen molar-refractivity contribution in [1.82, 2.24) is 15.5 Å². The predicted molar refractivity (Wildman–Crippen MR) is 134 cm³/mol. The number of nitrogens with one attached hydrogen (secondary N) is 2. The molecule has 2 aromatic rings. The van der Waals surface area contributed by atoms with E-state index in [-0.39, 0.29) is 30.0 Å². The maximum Gasteiger partial charge on any atom is 0.191 e. The van der Waals surface area contributed by atoms with Crippen LogP contribution in [0.25, 0.3) is 0 Å². The van der Waals surface area contributed by atoms with Crippen LogP contribution in [0.2, 0.25) is 0 Å². The van der Waals surface area contributed by atoms with Crippen molar-refractivity contribution in [1.29, 1.82) is 0 Å². The summed E-state index contributed by atoms with van der Waals surface area (Å²) in [5.41, 5.74) is 1.13. The lowest BCUT2D eigenvalue weighted by atomic mass is 10.1. The average Bonchev–Trinajstić information content (AvgIpc) is 3.32. The van der Waals surface area contributed by atoms with E-state index in [0.717, 1.165) is 42.7 Å². The molecule has 172 valence electrons. The smallest absolute Gasteiger partial charge is 0.191 e. The molecule has 3 rings (SSSR count). The summed E-state index contributed by atoms with van der Waals surface area (Å²) >= 11 is 0. The van der Waals surface area contributed by atoms with Crippen LogP contribution in [0.5, 0.6) is 5.75 Å². The van der Waals surface area contributed by atoms with E-state index in [1.807, 2.05) is 24.3 Å². The second-order valence-corrected chi connectivity index (χ2v) is 7.42. The molecule has 1 aliphatic rings. The van der Waals surface area contributed by atoms with Gasteiger partial charge in [0.2, 0.25) is 0 Å². The zero-order chi connectivity index (χ0) is 21.0. The molecule has 1 atom stereocenters. The molecule has 2 heterocycles. The molecule has 0 bridgehead atoms. The Labute approximate surface area is 202 Å². The fourth-order valence-corrected chi connectivity index (χ4v) is 3.71. The summed E-state index contributed by atoms with van der Waals surface area (Å²) in [6.45, 7) is 4.74. The van der Waals surface area contributed by atoms with Gasteiger partial charge in [0.25, 0.3) is 0 Å². The number of hydrogen-bond acceptors (Lipinski definition) is 5. The number of guanidine groups is 1. The molecule has 0 saturated carbocycles. The summed E-state index contributed by atoms with van der Waals surface area (Å²) in [5, 5.41) is 6.86. The first-order valence-corrected chi connectivity index (χ1v) is 10.7. The summed E-state index contributed by atoms with van der Waals surface area (Å²) in [4.78, 5) is 6.89. The van der Waals surface area contributed by atoms with Crippen molar-refractivity contribution in [2.75, 3.05) is 47.0 Å². The van der Waals surface area contributed by atoms with Gasteiger partial charge in [0.1, 0.15) is 18.1 Å². The van der Waals surface area contributed by atoms with Gasteiger partial charge in [0.15, 0.2) is 5.96 Å². The first-order valence-electron chi connectivity index (χ1n) is 10.7. The summed E-state index contributed by atoms with van der Waals surface area (Å²) in [6, 6.07) is 12.3. The van der Waals surface area contributed by atoms with Gasteiger partial charge in [-0.05, 0) is 55.8 Å². The molecule has 31 heavy (non-hydrogen) atoms. The lowest BCUT2D eigenvalue weighted by molar-refractivity contribution is 0.146. The molecule has 1 aliphatic heterocycles. The lowest BCUT2D eigenvalue weighted by Gasteiger charge is -2.33. The van der Waals surface area contributed by atoms with Crippen LogP contribution in [-0.4, -0.2) is 57.9 Å². The number of piperidine rings is 1. The van der Waals surface area contributed by atoms with Crippen LogP contribution in [-0.2, 0) is 11.3 Å². The van der Waals surface area contributed by atoms with Gasteiger partial charge in [-0.25, -0.2) is 0 Å². The molecule has 1 fully saturated rings. The predicted octanol–water partition coefficient (Wildman–Crippen LogP) is 3.82. The number of hydrogen-bond donors (Lipinski definition) is 2. The Bertz CT molecular complexity index is 764. The Hall–Kier alpha value is -1.78. The van der Waals surface area contributed by atoms with Crippen molar-refractivity contribution in [2.45, 2.75) is 31.8 Å². The number of methoxy groups -OCH3 is 1. The Kier molecular flexibility index (Phi) is 11.8. The number of aliphatic imine (C=N–C) groups is 1. The summed E-state index contributed by atoms with van der Waals surface area (Å²) in [6.07, 6.45) is 5.55. The summed E-state index contributed by atoms with van der Waals surface area (Å²) in [7, 11) is 3.46. The SMILES string of the molecule is CN=C(NCc1cccc(OCCOC)c1)NCC(c1ccco1)N1CCCCC1.I. The highest BCUT2D eigenvalue weighted by Gasteiger charge is 2.24. The Morgan fingerprint density at radius 3 is 2.68 bits per heavy atom. The molecule has 2 N–H and O–H groups in total. The molecular formula is C23H35IN4O3. The minimum Gasteiger partial charge on any atom is -0.491 e. The molecule has 0 radical (unpaired) electrons. The summed E-state index contributed by atoms with van der Waals surface area (Å²) in [5.74, 6) is 2.62. The fourth-order valence-electron chi connectivity index (χ4n) is 3.71. The third-order valence-electron chi connectivity index (χ3n) is 5.30. The standard InChI is InChI=1S/C23H34N4O3.HI/c1-24-23(25-17-19-8-6-9-20(16-19)29-15-14-28-2)26-18-21(22-10-7-13-30-22)27-11-4-3-5-12-27;/h6-10,13,16,21H,3-5,11-12,14-15,17-18H2,1-2H3,(H2,24,25,26);1H. The number of ether oxygens (including phenoxy) is 2. The average molecular weight is 542 g/mol. The van der Waals surface area contributed by atoms with Gasteiger partial charge in [-0.15, -0.1) is 24.0 Å². The second kappa shape index (κ2) is 14.3. The van der Waals surface area contributed by atoms with Gasteiger partial charge < -0.3 is 24.5 Å². The van der Waals surface area contributed by atoms with Crippen molar-refractivity contribution in [3.8, 4) is 5.75 Å². The zero-order valence-corrected chi connectivity index (χ0v) is 20.8. The molecule has 8 heteroatoms. The van der Waals surface area contributed by atoms with Crippen molar-refractivity contribution in [3.05, 3.63) is 54.0 Å². The number of likely N-dealkylation sites (tertiary alicyclic amines) is 1. The van der Waals surface area contributed by atoms with E-state index in [9.17, 15) is 0 Å². The Morgan fingerprint density at radius 1 is 1.13 bits per heavy atom. The van der Waals surface area contributed by atoms with Crippen LogP contribution in [0.15, 0.2) is 52.1 Å². The third-order valence-corrected chi connectivity index (χ3v) is 5.30. The molecule has 0 amide bonds. The molecule has 1 aromatic heterocycles. The first kappa shape index (κ1) is 25.5. The van der Waals surface area contributed by atoms with Gasteiger partial charge in [-0.2, -0.15) is 0 Å². The fraction of sp³-hybridized carbons (Fsp3) is 0.522. The lowest BCUT2D eigenvalue weighted by Crippen LogP contribution is -2.44. The summed E-state index contributed by atoms with van der Waals surface area (Å²) < 4.78 is 16.5. The molecule has 1 aromatic carbocycles. The number of rotatable bonds is 10. The monoisotopic (exact) mass is 542 g/mol. The minimum atomic E-state index is 0. The van der Waals surface area contributed by atoms with Crippen LogP contribution < -0.4 is 15.4 Å². The maximum atomic E-state index is 5.73. The van der Waals surface area contributed by atoms with E-state index >= 15 is 0 Å². The van der Waals surface area contributed by atoms with E-state index in [1.54, 1.807) is 20.4 Å². The van der Waals surface area contributed by atoms with E-state index < -0.39 is 0 Å². The largest absolute Gasteiger partial charge is 0.491 e. The number of furan rings is 1. The first-order chi connectivity index (χ1) is 14.8. The van der Waals surface area contributed by atoms with Crippen molar-refractivity contribution in [3.63, 3.8) is 0 Å². The van der Waals surface area contributed by atoms with Gasteiger partial charge in [-0.1, -0.05) is 18.6 Å². The van der Waals surface area contributed by atoms with Crippen molar-refractivity contribution >= 4 is 29.9 Å². The highest BCUT2D eigenvalue weighted by atomic mass is 127. The van der Waals surface area contributed by atoms with E-state index in [1.165, 1.54) is 19.3 Å². The Balaban J connectivity index is 0.00000341. The van der Waals surface area contributed by atoms with Gasteiger partial charge >= 0.3 is 0 Å². The van der Waals surface area contributed by atoms with Crippen LogP contribution in [0.4, 0.5) is 0 Å². The molecule has 1 saturated heterocycles. The number of benzene rings is 1. The van der Waals surface area contributed by atoms with Gasteiger partial charge in [0.05, 0.1) is 18.9 Å². The van der Waals surface area contributed by atoms with Gasteiger partial charge in [-0.3, -0.25) is 9.89 Å². The van der Waals surface area contributed by atoms with Gasteiger partial charge in [0, 0.05) is 27.2 Å². The normalized spacial score (nSPS) is 15.7. The van der Waals surface area contributed by atoms with Crippen molar-refractivity contribution < 1.29 is 13.9 Å². The maximum absolute atomic E-state index is 5.73. The zero-order valence-electron chi connectivity index (χ0n) is 18.5. The number of halogens is 1.